The summed E-state index contributed by atoms with van der Waals surface area (Å²) in [6.45, 7) is 0. The Morgan fingerprint density at radius 3 is 1.41 bits per heavy atom. The number of rotatable bonds is 8. The fraction of sp³-hybridized carbons (Fsp3) is 0.367. The molecule has 0 aromatic heterocycles. The summed E-state index contributed by atoms with van der Waals surface area (Å²) in [6.07, 6.45) is 4.43. The lowest BCUT2D eigenvalue weighted by Crippen LogP contribution is -2.52. The molecule has 5 nitrogen and oxygen atoms in total. The molecule has 0 atom stereocenters. The van der Waals surface area contributed by atoms with Gasteiger partial charge in [0.15, 0.2) is 0 Å². The van der Waals surface area contributed by atoms with Crippen LogP contribution in [0.15, 0.2) is 106 Å². The summed E-state index contributed by atoms with van der Waals surface area (Å²) >= 11 is 0. The van der Waals surface area contributed by atoms with Crippen LogP contribution in [0.5, 0.6) is 0 Å². The lowest BCUT2D eigenvalue weighted by molar-refractivity contribution is -0.216. The Kier molecular flexibility index (Phi) is 6.59. The number of esters is 1. The first-order chi connectivity index (χ1) is 18.6. The van der Waals surface area contributed by atoms with Crippen molar-refractivity contribution >= 4 is 26.4 Å². The van der Waals surface area contributed by atoms with E-state index in [1.807, 2.05) is 0 Å². The molecule has 0 radical (unpaired) electrons. The SMILES string of the molecule is O=C(OC(F)(F)S(=O)(=O)OS(c1ccccc1)(c1ccccc1)c1ccccc1)C12CC3CC(CC(C3)C1)C2. The fourth-order valence-electron chi connectivity index (χ4n) is 7.16. The second-order valence-electron chi connectivity index (χ2n) is 11.1. The molecule has 0 heterocycles. The topological polar surface area (TPSA) is 69.7 Å². The summed E-state index contributed by atoms with van der Waals surface area (Å²) in [7, 11) is -8.98. The maximum atomic E-state index is 15.7. The maximum Gasteiger partial charge on any atom is 0.537 e. The molecular formula is C30H30F2O5S2. The number of carbonyl (C=O) groups is 1. The van der Waals surface area contributed by atoms with Crippen LogP contribution in [-0.4, -0.2) is 19.8 Å². The van der Waals surface area contributed by atoms with Gasteiger partial charge in [0, 0.05) is 14.7 Å². The number of halogens is 2. The smallest absolute Gasteiger partial charge is 0.386 e. The van der Waals surface area contributed by atoms with Gasteiger partial charge in [-0.1, -0.05) is 54.6 Å². The van der Waals surface area contributed by atoms with Crippen LogP contribution < -0.4 is 0 Å². The van der Waals surface area contributed by atoms with Crippen molar-refractivity contribution in [2.75, 3.05) is 0 Å². The summed E-state index contributed by atoms with van der Waals surface area (Å²) in [5.41, 5.74) is -5.92. The van der Waals surface area contributed by atoms with E-state index >= 15 is 8.78 Å². The van der Waals surface area contributed by atoms with Gasteiger partial charge in [0.25, 0.3) is 0 Å². The molecule has 3 aromatic carbocycles. The van der Waals surface area contributed by atoms with Crippen LogP contribution in [0, 0.1) is 23.2 Å². The van der Waals surface area contributed by atoms with Gasteiger partial charge in [0.1, 0.15) is 0 Å². The summed E-state index contributed by atoms with van der Waals surface area (Å²) < 4.78 is 68.8. The van der Waals surface area contributed by atoms with Crippen molar-refractivity contribution in [2.24, 2.45) is 23.2 Å². The molecule has 0 amide bonds. The maximum absolute atomic E-state index is 15.7. The van der Waals surface area contributed by atoms with Crippen LogP contribution in [0.25, 0.3) is 0 Å². The number of benzene rings is 3. The van der Waals surface area contributed by atoms with Crippen LogP contribution in [-0.2, 0) is 23.3 Å². The summed E-state index contributed by atoms with van der Waals surface area (Å²) in [5, 5.41) is 0. The van der Waals surface area contributed by atoms with E-state index < -0.39 is 37.3 Å². The summed E-state index contributed by atoms with van der Waals surface area (Å²) in [6, 6.07) is 25.4. The number of hydrogen-bond donors (Lipinski definition) is 0. The van der Waals surface area contributed by atoms with Crippen LogP contribution in [0.1, 0.15) is 38.5 Å². The highest BCUT2D eigenvalue weighted by Crippen LogP contribution is 2.70. The molecule has 4 fully saturated rings. The molecule has 39 heavy (non-hydrogen) atoms. The molecule has 4 aliphatic rings. The third-order valence-corrected chi connectivity index (χ3v) is 13.4. The second-order valence-corrected chi connectivity index (χ2v) is 15.5. The van der Waals surface area contributed by atoms with Gasteiger partial charge in [-0.3, -0.25) is 4.79 Å². The van der Waals surface area contributed by atoms with Crippen LogP contribution in [0.2, 0.25) is 0 Å². The zero-order valence-corrected chi connectivity index (χ0v) is 22.9. The van der Waals surface area contributed by atoms with E-state index in [-0.39, 0.29) is 0 Å². The van der Waals surface area contributed by atoms with Gasteiger partial charge in [0.2, 0.25) is 0 Å². The van der Waals surface area contributed by atoms with Crippen molar-refractivity contribution < 1.29 is 30.4 Å². The minimum absolute atomic E-state index is 0.302. The van der Waals surface area contributed by atoms with E-state index in [9.17, 15) is 13.2 Å². The quantitative estimate of drug-likeness (QED) is 0.261. The Morgan fingerprint density at radius 1 is 0.692 bits per heavy atom. The minimum atomic E-state index is -5.77. The third kappa shape index (κ3) is 4.58. The number of carbonyl (C=O) groups excluding carboxylic acids is 1. The first kappa shape index (κ1) is 26.5. The van der Waals surface area contributed by atoms with Crippen molar-refractivity contribution in [1.29, 1.82) is 0 Å². The molecule has 0 aliphatic heterocycles. The number of ether oxygens (including phenoxy) is 1. The van der Waals surface area contributed by atoms with Crippen molar-refractivity contribution in [2.45, 2.75) is 58.7 Å². The normalized spacial score (nSPS) is 26.8. The van der Waals surface area contributed by atoms with Crippen LogP contribution >= 0.6 is 10.3 Å². The van der Waals surface area contributed by atoms with Gasteiger partial charge in [-0.15, -0.1) is 8.78 Å². The van der Waals surface area contributed by atoms with Crippen LogP contribution in [0.4, 0.5) is 8.78 Å². The molecule has 0 unspecified atom stereocenters. The average Bonchev–Trinajstić information content (AvgIpc) is 2.92. The van der Waals surface area contributed by atoms with Crippen molar-refractivity contribution in [1.82, 2.24) is 0 Å². The van der Waals surface area contributed by atoms with Crippen molar-refractivity contribution in [3.8, 4) is 0 Å². The zero-order chi connectivity index (χ0) is 27.3. The summed E-state index contributed by atoms with van der Waals surface area (Å²) in [4.78, 5) is 14.6. The predicted octanol–water partition coefficient (Wildman–Crippen LogP) is 7.54. The Hall–Kier alpha value is -2.75. The molecule has 7 rings (SSSR count). The standard InChI is InChI=1S/C30H30F2O5S2/c31-30(32,36-28(33)29-19-22-16-23(20-29)18-24(17-22)21-29)39(34,35)37-38(25-10-4-1-5-11-25,26-12-6-2-7-13-26)27-14-8-3-9-15-27/h1-15,22-24H,16-21H2. The number of alkyl halides is 2. The third-order valence-electron chi connectivity index (χ3n) is 8.39. The molecular weight excluding hydrogens is 542 g/mol. The summed E-state index contributed by atoms with van der Waals surface area (Å²) in [5.74, 6) is -0.219. The van der Waals surface area contributed by atoms with Gasteiger partial charge in [-0.25, -0.2) is 0 Å². The lowest BCUT2D eigenvalue weighted by Gasteiger charge is -2.55. The largest absolute Gasteiger partial charge is 0.537 e. The van der Waals surface area contributed by atoms with E-state index in [4.69, 9.17) is 3.63 Å². The molecule has 4 bridgehead atoms. The van der Waals surface area contributed by atoms with Crippen LogP contribution in [0.3, 0.4) is 0 Å². The first-order valence-electron chi connectivity index (χ1n) is 13.2. The second kappa shape index (κ2) is 9.71. The lowest BCUT2D eigenvalue weighted by atomic mass is 9.49. The molecule has 206 valence electrons. The minimum Gasteiger partial charge on any atom is -0.386 e. The first-order valence-corrected chi connectivity index (χ1v) is 16.2. The van der Waals surface area contributed by atoms with E-state index in [2.05, 4.69) is 4.74 Å². The molecule has 0 N–H and O–H groups in total. The molecule has 4 saturated carbocycles. The van der Waals surface area contributed by atoms with E-state index in [1.165, 1.54) is 0 Å². The fourth-order valence-corrected chi connectivity index (χ4v) is 12.1. The van der Waals surface area contributed by atoms with E-state index in [0.29, 0.717) is 51.7 Å². The van der Waals surface area contributed by atoms with E-state index in [0.717, 1.165) is 19.3 Å². The highest BCUT2D eigenvalue weighted by atomic mass is 32.3. The Morgan fingerprint density at radius 2 is 1.05 bits per heavy atom. The molecule has 9 heteroatoms. The zero-order valence-electron chi connectivity index (χ0n) is 21.2. The van der Waals surface area contributed by atoms with Crippen molar-refractivity contribution in [3.63, 3.8) is 0 Å². The predicted molar refractivity (Wildman–Crippen MR) is 143 cm³/mol. The highest BCUT2D eigenvalue weighted by Gasteiger charge is 2.61. The van der Waals surface area contributed by atoms with Crippen molar-refractivity contribution in [3.05, 3.63) is 91.0 Å². The Balaban J connectivity index is 1.39. The molecule has 0 spiro atoms. The van der Waals surface area contributed by atoms with Gasteiger partial charge in [-0.2, -0.15) is 12.0 Å². The molecule has 4 aliphatic carbocycles. The monoisotopic (exact) mass is 572 g/mol. The Labute approximate surface area is 229 Å². The number of hydrogen-bond acceptors (Lipinski definition) is 5. The van der Waals surface area contributed by atoms with E-state index in [1.54, 1.807) is 91.0 Å². The van der Waals surface area contributed by atoms with Gasteiger partial charge >= 0.3 is 21.5 Å². The van der Waals surface area contributed by atoms with Gasteiger partial charge in [0.05, 0.1) is 5.41 Å². The average molecular weight is 573 g/mol. The molecule has 3 aromatic rings. The Bertz CT molecular complexity index is 1310. The van der Waals surface area contributed by atoms with Gasteiger partial charge < -0.3 is 4.74 Å². The molecule has 0 saturated heterocycles. The highest BCUT2D eigenvalue weighted by molar-refractivity contribution is 8.33. The van der Waals surface area contributed by atoms with Gasteiger partial charge in [-0.05, 0) is 103 Å².